The van der Waals surface area contributed by atoms with Crippen molar-refractivity contribution in [3.05, 3.63) is 88.3 Å². The predicted molar refractivity (Wildman–Crippen MR) is 102 cm³/mol. The van der Waals surface area contributed by atoms with Gasteiger partial charge in [-0.15, -0.1) is 0 Å². The Hall–Kier alpha value is -3.08. The Balaban J connectivity index is 1.66. The van der Waals surface area contributed by atoms with Gasteiger partial charge >= 0.3 is 5.56 Å². The van der Waals surface area contributed by atoms with E-state index >= 15 is 0 Å². The van der Waals surface area contributed by atoms with E-state index in [1.165, 1.54) is 10.2 Å². The molecule has 132 valence electrons. The molecule has 0 fully saturated rings. The highest BCUT2D eigenvalue weighted by Crippen LogP contribution is 2.28. The first kappa shape index (κ1) is 16.4. The minimum atomic E-state index is -0.175. The third-order valence-electron chi connectivity index (χ3n) is 4.53. The van der Waals surface area contributed by atoms with E-state index in [0.29, 0.717) is 18.9 Å². The van der Waals surface area contributed by atoms with Crippen molar-refractivity contribution in [3.63, 3.8) is 0 Å². The first-order valence-corrected chi connectivity index (χ1v) is 8.87. The number of fused-ring (bicyclic) bond motifs is 1. The van der Waals surface area contributed by atoms with Gasteiger partial charge in [0.15, 0.2) is 0 Å². The van der Waals surface area contributed by atoms with Crippen LogP contribution in [0.25, 0.3) is 0 Å². The molecule has 3 aromatic rings. The SMILES string of the molecule is O=c1c2c(cnn1Cc1ccccc1)N(Cc1ccccc1)CCCO2. The lowest BCUT2D eigenvalue weighted by atomic mass is 10.2. The van der Waals surface area contributed by atoms with E-state index in [1.807, 2.05) is 48.5 Å². The van der Waals surface area contributed by atoms with Gasteiger partial charge in [0.1, 0.15) is 5.69 Å². The van der Waals surface area contributed by atoms with Gasteiger partial charge in [-0.05, 0) is 17.5 Å². The van der Waals surface area contributed by atoms with Crippen LogP contribution in [0.2, 0.25) is 0 Å². The van der Waals surface area contributed by atoms with Crippen molar-refractivity contribution in [1.82, 2.24) is 9.78 Å². The van der Waals surface area contributed by atoms with Crippen LogP contribution in [0.5, 0.6) is 5.75 Å². The molecule has 0 amide bonds. The third-order valence-corrected chi connectivity index (χ3v) is 4.53. The van der Waals surface area contributed by atoms with Gasteiger partial charge in [0.25, 0.3) is 0 Å². The summed E-state index contributed by atoms with van der Waals surface area (Å²) in [5, 5.41) is 4.40. The zero-order chi connectivity index (χ0) is 17.8. The lowest BCUT2D eigenvalue weighted by molar-refractivity contribution is 0.314. The molecule has 0 atom stereocenters. The first-order chi connectivity index (χ1) is 12.8. The van der Waals surface area contributed by atoms with Crippen molar-refractivity contribution >= 4 is 5.69 Å². The van der Waals surface area contributed by atoms with Crippen LogP contribution >= 0.6 is 0 Å². The van der Waals surface area contributed by atoms with Crippen LogP contribution < -0.4 is 15.2 Å². The first-order valence-electron chi connectivity index (χ1n) is 8.87. The Labute approximate surface area is 152 Å². The summed E-state index contributed by atoms with van der Waals surface area (Å²) in [5.41, 5.74) is 2.85. The number of ether oxygens (including phenoxy) is 1. The summed E-state index contributed by atoms with van der Waals surface area (Å²) in [7, 11) is 0. The van der Waals surface area contributed by atoms with E-state index in [-0.39, 0.29) is 5.56 Å². The molecule has 0 N–H and O–H groups in total. The summed E-state index contributed by atoms with van der Waals surface area (Å²) in [6.45, 7) is 2.56. The Bertz CT molecular complexity index is 923. The van der Waals surface area contributed by atoms with E-state index in [4.69, 9.17) is 4.74 Å². The highest BCUT2D eigenvalue weighted by molar-refractivity contribution is 5.56. The Kier molecular flexibility index (Phi) is 4.69. The summed E-state index contributed by atoms with van der Waals surface area (Å²) in [6, 6.07) is 20.1. The molecule has 1 aliphatic rings. The maximum atomic E-state index is 12.9. The minimum Gasteiger partial charge on any atom is -0.486 e. The van der Waals surface area contributed by atoms with E-state index in [0.717, 1.165) is 30.8 Å². The lowest BCUT2D eigenvalue weighted by Crippen LogP contribution is -2.28. The number of hydrogen-bond acceptors (Lipinski definition) is 4. The van der Waals surface area contributed by atoms with Crippen LogP contribution in [0, 0.1) is 0 Å². The highest BCUT2D eigenvalue weighted by Gasteiger charge is 2.21. The van der Waals surface area contributed by atoms with Crippen LogP contribution in [-0.4, -0.2) is 22.9 Å². The van der Waals surface area contributed by atoms with Gasteiger partial charge in [-0.3, -0.25) is 4.79 Å². The molecule has 4 rings (SSSR count). The van der Waals surface area contributed by atoms with Gasteiger partial charge in [-0.1, -0.05) is 60.7 Å². The van der Waals surface area contributed by atoms with Crippen LogP contribution in [0.1, 0.15) is 17.5 Å². The Morgan fingerprint density at radius 2 is 1.58 bits per heavy atom. The van der Waals surface area contributed by atoms with Crippen LogP contribution in [0.3, 0.4) is 0 Å². The van der Waals surface area contributed by atoms with Crippen molar-refractivity contribution in [2.45, 2.75) is 19.5 Å². The van der Waals surface area contributed by atoms with Gasteiger partial charge in [0.2, 0.25) is 5.75 Å². The smallest absolute Gasteiger partial charge is 0.311 e. The average Bonchev–Trinajstić information content (AvgIpc) is 2.89. The fraction of sp³-hybridized carbons (Fsp3) is 0.238. The van der Waals surface area contributed by atoms with Crippen molar-refractivity contribution in [1.29, 1.82) is 0 Å². The molecule has 0 spiro atoms. The van der Waals surface area contributed by atoms with Crippen LogP contribution in [0.4, 0.5) is 5.69 Å². The number of benzene rings is 2. The summed E-state index contributed by atoms with van der Waals surface area (Å²) in [6.07, 6.45) is 2.63. The monoisotopic (exact) mass is 347 g/mol. The Morgan fingerprint density at radius 1 is 0.923 bits per heavy atom. The molecule has 1 aromatic heterocycles. The van der Waals surface area contributed by atoms with Crippen molar-refractivity contribution in [2.24, 2.45) is 0 Å². The fourth-order valence-electron chi connectivity index (χ4n) is 3.21. The molecule has 5 nitrogen and oxygen atoms in total. The van der Waals surface area contributed by atoms with Crippen molar-refractivity contribution in [2.75, 3.05) is 18.1 Å². The summed E-state index contributed by atoms with van der Waals surface area (Å²) in [4.78, 5) is 15.1. The molecule has 26 heavy (non-hydrogen) atoms. The molecular weight excluding hydrogens is 326 g/mol. The second kappa shape index (κ2) is 7.44. The largest absolute Gasteiger partial charge is 0.486 e. The summed E-state index contributed by atoms with van der Waals surface area (Å²) < 4.78 is 7.28. The van der Waals surface area contributed by atoms with Gasteiger partial charge < -0.3 is 9.64 Å². The number of aromatic nitrogens is 2. The summed E-state index contributed by atoms with van der Waals surface area (Å²) in [5.74, 6) is 0.407. The average molecular weight is 347 g/mol. The van der Waals surface area contributed by atoms with E-state index in [2.05, 4.69) is 22.1 Å². The normalized spacial score (nSPS) is 13.6. The predicted octanol–water partition coefficient (Wildman–Crippen LogP) is 3.08. The molecular formula is C21H21N3O2. The van der Waals surface area contributed by atoms with Crippen LogP contribution in [0.15, 0.2) is 71.7 Å². The van der Waals surface area contributed by atoms with E-state index < -0.39 is 0 Å². The maximum Gasteiger partial charge on any atom is 0.311 e. The quantitative estimate of drug-likeness (QED) is 0.728. The van der Waals surface area contributed by atoms with Crippen LogP contribution in [-0.2, 0) is 13.1 Å². The van der Waals surface area contributed by atoms with Crippen molar-refractivity contribution < 1.29 is 4.74 Å². The molecule has 0 bridgehead atoms. The molecule has 2 heterocycles. The highest BCUT2D eigenvalue weighted by atomic mass is 16.5. The molecule has 0 saturated carbocycles. The van der Waals surface area contributed by atoms with Gasteiger partial charge in [-0.2, -0.15) is 5.10 Å². The molecule has 0 saturated heterocycles. The lowest BCUT2D eigenvalue weighted by Gasteiger charge is -2.23. The topological polar surface area (TPSA) is 47.4 Å². The maximum absolute atomic E-state index is 12.9. The zero-order valence-corrected chi connectivity index (χ0v) is 14.5. The fourth-order valence-corrected chi connectivity index (χ4v) is 3.21. The molecule has 0 aliphatic carbocycles. The van der Waals surface area contributed by atoms with Crippen molar-refractivity contribution in [3.8, 4) is 5.75 Å². The summed E-state index contributed by atoms with van der Waals surface area (Å²) >= 11 is 0. The van der Waals surface area contributed by atoms with Gasteiger partial charge in [0.05, 0.1) is 19.3 Å². The standard InChI is InChI=1S/C21H21N3O2/c25-21-20-19(14-22-24(21)16-18-10-5-2-6-11-18)23(12-7-13-26-20)15-17-8-3-1-4-9-17/h1-6,8-11,14H,7,12-13,15-16H2. The second-order valence-corrected chi connectivity index (χ2v) is 6.42. The molecule has 1 aliphatic heterocycles. The van der Waals surface area contributed by atoms with E-state index in [1.54, 1.807) is 6.20 Å². The second-order valence-electron chi connectivity index (χ2n) is 6.42. The number of hydrogen-bond donors (Lipinski definition) is 0. The Morgan fingerprint density at radius 3 is 2.27 bits per heavy atom. The van der Waals surface area contributed by atoms with E-state index in [9.17, 15) is 4.79 Å². The third kappa shape index (κ3) is 3.47. The number of nitrogens with zero attached hydrogens (tertiary/aromatic N) is 3. The molecule has 0 unspecified atom stereocenters. The molecule has 2 aromatic carbocycles. The number of anilines is 1. The zero-order valence-electron chi connectivity index (χ0n) is 14.5. The van der Waals surface area contributed by atoms with Gasteiger partial charge in [-0.25, -0.2) is 4.68 Å². The molecule has 0 radical (unpaired) electrons. The van der Waals surface area contributed by atoms with Gasteiger partial charge in [0, 0.05) is 13.1 Å². The molecule has 5 heteroatoms. The minimum absolute atomic E-state index is 0.175. The number of rotatable bonds is 4.